The van der Waals surface area contributed by atoms with E-state index in [1.807, 2.05) is 48.5 Å². The number of nitrogens with zero attached hydrogens (tertiary/aromatic N) is 2. The zero-order valence-electron chi connectivity index (χ0n) is 17.5. The third-order valence-electron chi connectivity index (χ3n) is 5.44. The van der Waals surface area contributed by atoms with Gasteiger partial charge in [-0.1, -0.05) is 48.5 Å². The van der Waals surface area contributed by atoms with E-state index in [0.29, 0.717) is 24.3 Å². The standard InChI is InChI=1S/C25H24N4O3/c30-23-13-21(17-29(23)16-18-7-2-1-3-8-18)24(31)27-15-19-9-4-5-11-22(19)28-25(32)20-10-6-12-26-14-20/h1-12,14,21H,13,15-17H2,(H,27,31)(H,28,32). The SMILES string of the molecule is O=C(Nc1ccccc1CNC(=O)C1CC(=O)N(Cc2ccccc2)C1)c1cccnc1. The second-order valence-corrected chi connectivity index (χ2v) is 7.73. The van der Waals surface area contributed by atoms with E-state index in [4.69, 9.17) is 0 Å². The molecule has 3 aromatic rings. The lowest BCUT2D eigenvalue weighted by molar-refractivity contribution is -0.129. The molecule has 0 aliphatic carbocycles. The van der Waals surface area contributed by atoms with E-state index in [1.54, 1.807) is 29.3 Å². The highest BCUT2D eigenvalue weighted by Crippen LogP contribution is 2.21. The Kier molecular flexibility index (Phi) is 6.55. The van der Waals surface area contributed by atoms with Crippen LogP contribution in [0.1, 0.15) is 27.9 Å². The van der Waals surface area contributed by atoms with Crippen LogP contribution in [0, 0.1) is 5.92 Å². The summed E-state index contributed by atoms with van der Waals surface area (Å²) in [5, 5.41) is 5.79. The van der Waals surface area contributed by atoms with Gasteiger partial charge in [0.15, 0.2) is 0 Å². The summed E-state index contributed by atoms with van der Waals surface area (Å²) in [7, 11) is 0. The topological polar surface area (TPSA) is 91.4 Å². The van der Waals surface area contributed by atoms with Crippen molar-refractivity contribution in [2.75, 3.05) is 11.9 Å². The molecule has 0 radical (unpaired) electrons. The summed E-state index contributed by atoms with van der Waals surface area (Å²) < 4.78 is 0. The van der Waals surface area contributed by atoms with Crippen LogP contribution in [0.2, 0.25) is 0 Å². The molecule has 0 bridgehead atoms. The first kappa shape index (κ1) is 21.2. The minimum absolute atomic E-state index is 0.0156. The van der Waals surface area contributed by atoms with Gasteiger partial charge in [0.2, 0.25) is 11.8 Å². The Morgan fingerprint density at radius 1 is 1.00 bits per heavy atom. The minimum Gasteiger partial charge on any atom is -0.352 e. The van der Waals surface area contributed by atoms with Gasteiger partial charge in [-0.3, -0.25) is 19.4 Å². The summed E-state index contributed by atoms with van der Waals surface area (Å²) in [6.07, 6.45) is 3.31. The maximum Gasteiger partial charge on any atom is 0.257 e. The van der Waals surface area contributed by atoms with Crippen LogP contribution in [-0.2, 0) is 22.7 Å². The first-order valence-corrected chi connectivity index (χ1v) is 10.5. The molecule has 2 aromatic carbocycles. The molecular formula is C25H24N4O3. The number of nitrogens with one attached hydrogen (secondary N) is 2. The van der Waals surface area contributed by atoms with Crippen LogP contribution >= 0.6 is 0 Å². The second-order valence-electron chi connectivity index (χ2n) is 7.73. The Morgan fingerprint density at radius 3 is 2.56 bits per heavy atom. The van der Waals surface area contributed by atoms with Gasteiger partial charge in [0.1, 0.15) is 0 Å². The predicted octanol–water partition coefficient (Wildman–Crippen LogP) is 3.00. The lowest BCUT2D eigenvalue weighted by Gasteiger charge is -2.17. The van der Waals surface area contributed by atoms with Crippen molar-refractivity contribution in [2.24, 2.45) is 5.92 Å². The average Bonchev–Trinajstić information content (AvgIpc) is 3.19. The van der Waals surface area contributed by atoms with Crippen molar-refractivity contribution in [3.63, 3.8) is 0 Å². The molecule has 1 unspecified atom stereocenters. The Morgan fingerprint density at radius 2 is 1.78 bits per heavy atom. The number of benzene rings is 2. The fourth-order valence-corrected chi connectivity index (χ4v) is 3.72. The van der Waals surface area contributed by atoms with E-state index in [9.17, 15) is 14.4 Å². The summed E-state index contributed by atoms with van der Waals surface area (Å²) in [4.78, 5) is 43.2. The van der Waals surface area contributed by atoms with Gasteiger partial charge < -0.3 is 15.5 Å². The molecule has 2 heterocycles. The number of rotatable bonds is 7. The highest BCUT2D eigenvalue weighted by atomic mass is 16.2. The molecule has 0 saturated carbocycles. The molecule has 4 rings (SSSR count). The van der Waals surface area contributed by atoms with Crippen molar-refractivity contribution in [3.05, 3.63) is 95.8 Å². The van der Waals surface area contributed by atoms with Crippen LogP contribution in [0.5, 0.6) is 0 Å². The lowest BCUT2D eigenvalue weighted by atomic mass is 10.1. The third kappa shape index (κ3) is 5.18. The average molecular weight is 428 g/mol. The van der Waals surface area contributed by atoms with E-state index < -0.39 is 0 Å². The number of likely N-dealkylation sites (tertiary alicyclic amines) is 1. The first-order valence-electron chi connectivity index (χ1n) is 10.5. The normalized spacial score (nSPS) is 15.4. The summed E-state index contributed by atoms with van der Waals surface area (Å²) in [5.74, 6) is -0.835. The molecule has 162 valence electrons. The Bertz CT molecular complexity index is 1100. The van der Waals surface area contributed by atoms with Crippen molar-refractivity contribution in [2.45, 2.75) is 19.5 Å². The molecule has 1 aliphatic heterocycles. The molecule has 7 heteroatoms. The summed E-state index contributed by atoms with van der Waals surface area (Å²) in [5.41, 5.74) is 2.90. The fourth-order valence-electron chi connectivity index (χ4n) is 3.72. The Balaban J connectivity index is 1.34. The van der Waals surface area contributed by atoms with Gasteiger partial charge in [-0.15, -0.1) is 0 Å². The van der Waals surface area contributed by atoms with Gasteiger partial charge in [-0.2, -0.15) is 0 Å². The Hall–Kier alpha value is -4.00. The van der Waals surface area contributed by atoms with Crippen molar-refractivity contribution < 1.29 is 14.4 Å². The van der Waals surface area contributed by atoms with Gasteiger partial charge in [-0.25, -0.2) is 0 Å². The molecule has 7 nitrogen and oxygen atoms in total. The van der Waals surface area contributed by atoms with Gasteiger partial charge in [0.05, 0.1) is 11.5 Å². The predicted molar refractivity (Wildman–Crippen MR) is 120 cm³/mol. The van der Waals surface area contributed by atoms with Crippen LogP contribution in [-0.4, -0.2) is 34.2 Å². The van der Waals surface area contributed by atoms with Crippen LogP contribution in [0.15, 0.2) is 79.1 Å². The van der Waals surface area contributed by atoms with Gasteiger partial charge in [0, 0.05) is 44.1 Å². The van der Waals surface area contributed by atoms with E-state index >= 15 is 0 Å². The van der Waals surface area contributed by atoms with Gasteiger partial charge in [-0.05, 0) is 29.3 Å². The number of carbonyl (C=O) groups excluding carboxylic acids is 3. The Labute approximate surface area is 186 Å². The van der Waals surface area contributed by atoms with Crippen molar-refractivity contribution >= 4 is 23.4 Å². The number of pyridine rings is 1. The fraction of sp³-hybridized carbons (Fsp3) is 0.200. The number of amides is 3. The van der Waals surface area contributed by atoms with Crippen LogP contribution in [0.4, 0.5) is 5.69 Å². The quantitative estimate of drug-likeness (QED) is 0.605. The maximum atomic E-state index is 12.7. The molecule has 0 spiro atoms. The molecule has 1 fully saturated rings. The van der Waals surface area contributed by atoms with Crippen molar-refractivity contribution in [1.82, 2.24) is 15.2 Å². The highest BCUT2D eigenvalue weighted by Gasteiger charge is 2.34. The van der Waals surface area contributed by atoms with Crippen LogP contribution < -0.4 is 10.6 Å². The van der Waals surface area contributed by atoms with Crippen LogP contribution in [0.25, 0.3) is 0 Å². The third-order valence-corrected chi connectivity index (χ3v) is 5.44. The number of para-hydroxylation sites is 1. The molecule has 3 amide bonds. The summed E-state index contributed by atoms with van der Waals surface area (Å²) in [6.45, 7) is 1.16. The zero-order valence-corrected chi connectivity index (χ0v) is 17.5. The second kappa shape index (κ2) is 9.87. The number of carbonyl (C=O) groups is 3. The monoisotopic (exact) mass is 428 g/mol. The molecular weight excluding hydrogens is 404 g/mol. The van der Waals surface area contributed by atoms with Gasteiger partial charge in [0.25, 0.3) is 5.91 Å². The smallest absolute Gasteiger partial charge is 0.257 e. The largest absolute Gasteiger partial charge is 0.352 e. The van der Waals surface area contributed by atoms with Crippen LogP contribution in [0.3, 0.4) is 0 Å². The zero-order chi connectivity index (χ0) is 22.3. The maximum absolute atomic E-state index is 12.7. The molecule has 1 saturated heterocycles. The highest BCUT2D eigenvalue weighted by molar-refractivity contribution is 6.04. The first-order chi connectivity index (χ1) is 15.6. The van der Waals surface area contributed by atoms with E-state index in [2.05, 4.69) is 15.6 Å². The molecule has 1 aliphatic rings. The number of hydrogen-bond donors (Lipinski definition) is 2. The van der Waals surface area contributed by atoms with E-state index in [0.717, 1.165) is 11.1 Å². The summed E-state index contributed by atoms with van der Waals surface area (Å²) >= 11 is 0. The number of hydrogen-bond acceptors (Lipinski definition) is 4. The number of anilines is 1. The molecule has 1 atom stereocenters. The molecule has 1 aromatic heterocycles. The molecule has 2 N–H and O–H groups in total. The summed E-state index contributed by atoms with van der Waals surface area (Å²) in [6, 6.07) is 20.4. The lowest BCUT2D eigenvalue weighted by Crippen LogP contribution is -2.32. The minimum atomic E-state index is -0.386. The van der Waals surface area contributed by atoms with Crippen molar-refractivity contribution in [3.8, 4) is 0 Å². The molecule has 32 heavy (non-hydrogen) atoms. The van der Waals surface area contributed by atoms with Crippen molar-refractivity contribution in [1.29, 1.82) is 0 Å². The van der Waals surface area contributed by atoms with E-state index in [-0.39, 0.29) is 36.6 Å². The van der Waals surface area contributed by atoms with Gasteiger partial charge >= 0.3 is 0 Å². The van der Waals surface area contributed by atoms with E-state index in [1.165, 1.54) is 6.20 Å². The number of aromatic nitrogens is 1.